The van der Waals surface area contributed by atoms with Crippen LogP contribution in [0.4, 0.5) is 0 Å². The molecule has 0 aliphatic rings. The van der Waals surface area contributed by atoms with Crippen LogP contribution in [0.2, 0.25) is 0 Å². The Kier molecular flexibility index (Phi) is 44.5. The fraction of sp³-hybridized carbons (Fsp3) is 0.750. The number of allylic oxidation sites excluding steroid dienone is 10. The molecule has 0 saturated heterocycles. The van der Waals surface area contributed by atoms with Crippen molar-refractivity contribution in [2.75, 3.05) is 13.2 Å². The molecule has 6 heteroatoms. The highest BCUT2D eigenvalue weighted by molar-refractivity contribution is 5.71. The molecular formula is C52H90O6. The molecule has 0 fully saturated rings. The van der Waals surface area contributed by atoms with Gasteiger partial charge in [0.15, 0.2) is 6.10 Å². The van der Waals surface area contributed by atoms with E-state index in [2.05, 4.69) is 81.5 Å². The monoisotopic (exact) mass is 811 g/mol. The normalized spacial score (nSPS) is 12.5. The van der Waals surface area contributed by atoms with Crippen molar-refractivity contribution in [1.29, 1.82) is 0 Å². The zero-order valence-electron chi connectivity index (χ0n) is 38.0. The Morgan fingerprint density at radius 2 is 0.672 bits per heavy atom. The lowest BCUT2D eigenvalue weighted by Crippen LogP contribution is -2.30. The van der Waals surface area contributed by atoms with Gasteiger partial charge >= 0.3 is 17.9 Å². The predicted octanol–water partition coefficient (Wildman–Crippen LogP) is 15.7. The molecule has 0 rings (SSSR count). The van der Waals surface area contributed by atoms with Crippen LogP contribution in [-0.2, 0) is 28.6 Å². The third-order valence-corrected chi connectivity index (χ3v) is 10.3. The van der Waals surface area contributed by atoms with Gasteiger partial charge in [0.05, 0.1) is 0 Å². The molecule has 0 aliphatic carbocycles. The van der Waals surface area contributed by atoms with Gasteiger partial charge in [0.1, 0.15) is 13.2 Å². The topological polar surface area (TPSA) is 78.9 Å². The maximum Gasteiger partial charge on any atom is 0.306 e. The van der Waals surface area contributed by atoms with Crippen molar-refractivity contribution in [1.82, 2.24) is 0 Å². The second-order valence-electron chi connectivity index (χ2n) is 16.0. The summed E-state index contributed by atoms with van der Waals surface area (Å²) >= 11 is 0. The van der Waals surface area contributed by atoms with E-state index in [9.17, 15) is 14.4 Å². The van der Waals surface area contributed by atoms with Gasteiger partial charge in [-0.25, -0.2) is 0 Å². The van der Waals surface area contributed by atoms with Crippen molar-refractivity contribution < 1.29 is 28.6 Å². The van der Waals surface area contributed by atoms with E-state index < -0.39 is 6.10 Å². The zero-order chi connectivity index (χ0) is 42.3. The Hall–Kier alpha value is -2.89. The van der Waals surface area contributed by atoms with E-state index in [1.165, 1.54) is 83.5 Å². The molecular weight excluding hydrogens is 721 g/mol. The lowest BCUT2D eigenvalue weighted by Gasteiger charge is -2.18. The van der Waals surface area contributed by atoms with Gasteiger partial charge in [0.2, 0.25) is 0 Å². The second kappa shape index (κ2) is 46.8. The standard InChI is InChI=1S/C52H90O6/c1-4-7-10-13-16-19-21-23-25-26-28-29-31-33-36-39-42-45-51(54)57-48-49(47-56-50(53)44-41-38-35-18-15-12-9-6-3)58-52(55)46-43-40-37-34-32-30-27-24-22-20-17-14-11-8-5-2/h7,10,16,19,23-25,27-29,49H,4-6,8-9,11-15,17-18,20-22,26,30-48H2,1-3H3/b10-7-,19-16-,25-23-,27-24-,29-28-. The van der Waals surface area contributed by atoms with Gasteiger partial charge in [-0.3, -0.25) is 14.4 Å². The number of hydrogen-bond acceptors (Lipinski definition) is 6. The van der Waals surface area contributed by atoms with Gasteiger partial charge in [-0.1, -0.05) is 191 Å². The van der Waals surface area contributed by atoms with Crippen molar-refractivity contribution in [3.05, 3.63) is 60.8 Å². The Morgan fingerprint density at radius 1 is 0.362 bits per heavy atom. The van der Waals surface area contributed by atoms with Gasteiger partial charge in [-0.15, -0.1) is 0 Å². The molecule has 0 spiro atoms. The first-order valence-corrected chi connectivity index (χ1v) is 24.3. The molecule has 0 amide bonds. The first-order valence-electron chi connectivity index (χ1n) is 24.3. The third kappa shape index (κ3) is 44.2. The van der Waals surface area contributed by atoms with Gasteiger partial charge in [0.25, 0.3) is 0 Å². The maximum absolute atomic E-state index is 12.7. The Balaban J connectivity index is 4.37. The highest BCUT2D eigenvalue weighted by Crippen LogP contribution is 2.13. The number of carbonyl (C=O) groups excluding carboxylic acids is 3. The minimum absolute atomic E-state index is 0.0848. The quantitative estimate of drug-likeness (QED) is 0.0264. The molecule has 0 bridgehead atoms. The summed E-state index contributed by atoms with van der Waals surface area (Å²) in [6.45, 7) is 6.46. The number of ether oxygens (including phenoxy) is 3. The molecule has 0 saturated carbocycles. The third-order valence-electron chi connectivity index (χ3n) is 10.3. The molecule has 1 unspecified atom stereocenters. The summed E-state index contributed by atoms with van der Waals surface area (Å²) in [4.78, 5) is 37.8. The van der Waals surface area contributed by atoms with E-state index in [0.29, 0.717) is 19.3 Å². The van der Waals surface area contributed by atoms with Crippen molar-refractivity contribution in [3.8, 4) is 0 Å². The lowest BCUT2D eigenvalue weighted by atomic mass is 10.1. The van der Waals surface area contributed by atoms with Crippen LogP contribution in [0.3, 0.4) is 0 Å². The first kappa shape index (κ1) is 55.1. The van der Waals surface area contributed by atoms with Crippen LogP contribution in [0.25, 0.3) is 0 Å². The number of esters is 3. The lowest BCUT2D eigenvalue weighted by molar-refractivity contribution is -0.167. The molecule has 0 aromatic heterocycles. The van der Waals surface area contributed by atoms with E-state index in [1.54, 1.807) is 0 Å². The van der Waals surface area contributed by atoms with E-state index in [1.807, 2.05) is 0 Å². The Morgan fingerprint density at radius 3 is 1.07 bits per heavy atom. The molecule has 0 N–H and O–H groups in total. The van der Waals surface area contributed by atoms with Gasteiger partial charge in [-0.2, -0.15) is 0 Å². The summed E-state index contributed by atoms with van der Waals surface area (Å²) in [5.74, 6) is -0.922. The highest BCUT2D eigenvalue weighted by atomic mass is 16.6. The summed E-state index contributed by atoms with van der Waals surface area (Å²) in [6.07, 6.45) is 56.4. The predicted molar refractivity (Wildman–Crippen MR) is 247 cm³/mol. The molecule has 6 nitrogen and oxygen atoms in total. The van der Waals surface area contributed by atoms with Crippen LogP contribution in [0.1, 0.15) is 233 Å². The SMILES string of the molecule is CC/C=C\C/C=C\C/C=C\C/C=C\CCCCCCC(=O)OCC(COC(=O)CCCCCCCCCC)OC(=O)CCCCCCC/C=C\CCCCCCCC. The van der Waals surface area contributed by atoms with Crippen molar-refractivity contribution in [3.63, 3.8) is 0 Å². The molecule has 334 valence electrons. The van der Waals surface area contributed by atoms with Crippen molar-refractivity contribution >= 4 is 17.9 Å². The van der Waals surface area contributed by atoms with Crippen molar-refractivity contribution in [2.24, 2.45) is 0 Å². The molecule has 0 heterocycles. The van der Waals surface area contributed by atoms with Gasteiger partial charge in [-0.05, 0) is 83.5 Å². The number of hydrogen-bond donors (Lipinski definition) is 0. The van der Waals surface area contributed by atoms with Gasteiger partial charge in [0, 0.05) is 19.3 Å². The smallest absolute Gasteiger partial charge is 0.306 e. The molecule has 0 aromatic rings. The number of unbranched alkanes of at least 4 members (excludes halogenated alkanes) is 22. The first-order chi connectivity index (χ1) is 28.5. The minimum atomic E-state index is -0.784. The Bertz CT molecular complexity index is 1070. The fourth-order valence-electron chi connectivity index (χ4n) is 6.60. The summed E-state index contributed by atoms with van der Waals surface area (Å²) in [5.41, 5.74) is 0. The summed E-state index contributed by atoms with van der Waals surface area (Å²) in [6, 6.07) is 0. The molecule has 1 atom stereocenters. The number of carbonyl (C=O) groups is 3. The summed E-state index contributed by atoms with van der Waals surface area (Å²) in [7, 11) is 0. The van der Waals surface area contributed by atoms with Crippen molar-refractivity contribution in [2.45, 2.75) is 239 Å². The van der Waals surface area contributed by atoms with Crippen LogP contribution in [-0.4, -0.2) is 37.2 Å². The maximum atomic E-state index is 12.7. The number of rotatable bonds is 43. The molecule has 0 radical (unpaired) electrons. The van der Waals surface area contributed by atoms with Crippen LogP contribution in [0.15, 0.2) is 60.8 Å². The molecule has 58 heavy (non-hydrogen) atoms. The second-order valence-corrected chi connectivity index (χ2v) is 16.0. The van der Waals surface area contributed by atoms with E-state index in [-0.39, 0.29) is 31.1 Å². The fourth-order valence-corrected chi connectivity index (χ4v) is 6.60. The van der Waals surface area contributed by atoms with Crippen LogP contribution in [0.5, 0.6) is 0 Å². The van der Waals surface area contributed by atoms with Gasteiger partial charge < -0.3 is 14.2 Å². The largest absolute Gasteiger partial charge is 0.462 e. The average molecular weight is 811 g/mol. The average Bonchev–Trinajstić information content (AvgIpc) is 3.22. The van der Waals surface area contributed by atoms with Crippen LogP contribution in [0, 0.1) is 0 Å². The highest BCUT2D eigenvalue weighted by Gasteiger charge is 2.19. The van der Waals surface area contributed by atoms with Crippen LogP contribution < -0.4 is 0 Å². The Labute approximate surface area is 358 Å². The summed E-state index contributed by atoms with van der Waals surface area (Å²) in [5, 5.41) is 0. The molecule has 0 aliphatic heterocycles. The molecule has 0 aromatic carbocycles. The zero-order valence-corrected chi connectivity index (χ0v) is 38.0. The van der Waals surface area contributed by atoms with E-state index in [0.717, 1.165) is 109 Å². The van der Waals surface area contributed by atoms with E-state index in [4.69, 9.17) is 14.2 Å². The van der Waals surface area contributed by atoms with E-state index >= 15 is 0 Å². The summed E-state index contributed by atoms with van der Waals surface area (Å²) < 4.78 is 16.7. The minimum Gasteiger partial charge on any atom is -0.462 e. The van der Waals surface area contributed by atoms with Crippen LogP contribution >= 0.6 is 0 Å².